The monoisotopic (exact) mass is 508 g/mol. The Morgan fingerprint density at radius 1 is 0.886 bits per heavy atom. The lowest BCUT2D eigenvalue weighted by Crippen LogP contribution is -2.49. The van der Waals surface area contributed by atoms with Crippen molar-refractivity contribution < 1.29 is 9.18 Å². The predicted octanol–water partition coefficient (Wildman–Crippen LogP) is 6.26. The quantitative estimate of drug-likeness (QED) is 0.326. The molecule has 1 amide bonds. The molecule has 0 unspecified atom stereocenters. The number of benzene rings is 3. The van der Waals surface area contributed by atoms with E-state index in [0.29, 0.717) is 45.8 Å². The number of rotatable bonds is 4. The number of anilines is 1. The minimum absolute atomic E-state index is 0.171. The van der Waals surface area contributed by atoms with Gasteiger partial charge in [0.25, 0.3) is 5.91 Å². The largest absolute Gasteiger partial charge is 0.368 e. The number of carbonyl (C=O) groups excluding carboxylic acids is 1. The molecule has 1 aliphatic heterocycles. The molecular weight excluding hydrogens is 486 g/mol. The van der Waals surface area contributed by atoms with E-state index in [9.17, 15) is 9.18 Å². The van der Waals surface area contributed by atoms with Crippen molar-refractivity contribution in [1.29, 1.82) is 0 Å². The average Bonchev–Trinajstić information content (AvgIpc) is 3.31. The fourth-order valence-electron chi connectivity index (χ4n) is 4.38. The van der Waals surface area contributed by atoms with Crippen LogP contribution in [-0.4, -0.2) is 46.8 Å². The molecule has 1 aliphatic rings. The van der Waals surface area contributed by atoms with Crippen molar-refractivity contribution >= 4 is 34.8 Å². The number of aromatic nitrogens is 2. The molecule has 0 saturated carbocycles. The van der Waals surface area contributed by atoms with Crippen molar-refractivity contribution in [3.05, 3.63) is 99.9 Å². The first-order valence-electron chi connectivity index (χ1n) is 11.3. The SMILES string of the molecule is Cc1ccccc1N1CCN(C(=O)c2cc(-c3ccccc3F)nn2-c2ccc(Cl)c(Cl)c2)CC1. The first-order chi connectivity index (χ1) is 16.9. The molecule has 0 bridgehead atoms. The molecule has 8 heteroatoms. The minimum Gasteiger partial charge on any atom is -0.368 e. The van der Waals surface area contributed by atoms with E-state index in [1.807, 2.05) is 17.0 Å². The highest BCUT2D eigenvalue weighted by atomic mass is 35.5. The maximum absolute atomic E-state index is 14.5. The van der Waals surface area contributed by atoms with Crippen molar-refractivity contribution in [2.75, 3.05) is 31.1 Å². The van der Waals surface area contributed by atoms with Crippen LogP contribution in [0.25, 0.3) is 16.9 Å². The van der Waals surface area contributed by atoms with Gasteiger partial charge >= 0.3 is 0 Å². The summed E-state index contributed by atoms with van der Waals surface area (Å²) in [6, 6.07) is 21.3. The van der Waals surface area contributed by atoms with Crippen molar-refractivity contribution in [3.63, 3.8) is 0 Å². The van der Waals surface area contributed by atoms with Crippen LogP contribution in [0.3, 0.4) is 0 Å². The molecule has 5 rings (SSSR count). The molecule has 0 atom stereocenters. The summed E-state index contributed by atoms with van der Waals surface area (Å²) in [5, 5.41) is 5.33. The van der Waals surface area contributed by atoms with Gasteiger partial charge in [0, 0.05) is 37.4 Å². The van der Waals surface area contributed by atoms with Gasteiger partial charge in [-0.3, -0.25) is 4.79 Å². The number of nitrogens with zero attached hydrogens (tertiary/aromatic N) is 4. The highest BCUT2D eigenvalue weighted by molar-refractivity contribution is 6.42. The smallest absolute Gasteiger partial charge is 0.272 e. The van der Waals surface area contributed by atoms with Gasteiger partial charge < -0.3 is 9.80 Å². The van der Waals surface area contributed by atoms with Gasteiger partial charge in [0.05, 0.1) is 21.4 Å². The Morgan fingerprint density at radius 2 is 1.60 bits per heavy atom. The van der Waals surface area contributed by atoms with E-state index in [2.05, 4.69) is 29.1 Å². The maximum Gasteiger partial charge on any atom is 0.272 e. The normalized spacial score (nSPS) is 13.8. The second-order valence-corrected chi connectivity index (χ2v) is 9.29. The number of aryl methyl sites for hydroxylation is 1. The van der Waals surface area contributed by atoms with Crippen molar-refractivity contribution in [1.82, 2.24) is 14.7 Å². The molecular formula is C27H23Cl2FN4O. The van der Waals surface area contributed by atoms with E-state index in [4.69, 9.17) is 23.2 Å². The Hall–Kier alpha value is -3.35. The number of para-hydroxylation sites is 1. The van der Waals surface area contributed by atoms with Crippen molar-refractivity contribution in [2.24, 2.45) is 0 Å². The third-order valence-corrected chi connectivity index (χ3v) is 6.99. The molecule has 35 heavy (non-hydrogen) atoms. The molecule has 0 aliphatic carbocycles. The van der Waals surface area contributed by atoms with Gasteiger partial charge in [-0.2, -0.15) is 5.10 Å². The predicted molar refractivity (Wildman–Crippen MR) is 138 cm³/mol. The minimum atomic E-state index is -0.405. The third-order valence-electron chi connectivity index (χ3n) is 6.25. The molecule has 1 fully saturated rings. The van der Waals surface area contributed by atoms with E-state index in [1.165, 1.54) is 22.0 Å². The van der Waals surface area contributed by atoms with Crippen LogP contribution in [0.4, 0.5) is 10.1 Å². The van der Waals surface area contributed by atoms with Crippen LogP contribution < -0.4 is 4.90 Å². The molecule has 1 aromatic heterocycles. The Kier molecular flexibility index (Phi) is 6.50. The first-order valence-corrected chi connectivity index (χ1v) is 12.1. The topological polar surface area (TPSA) is 41.4 Å². The summed E-state index contributed by atoms with van der Waals surface area (Å²) in [5.74, 6) is -0.576. The van der Waals surface area contributed by atoms with Gasteiger partial charge in [-0.1, -0.05) is 53.5 Å². The molecule has 0 spiro atoms. The molecule has 2 heterocycles. The van der Waals surface area contributed by atoms with Crippen molar-refractivity contribution in [3.8, 4) is 16.9 Å². The van der Waals surface area contributed by atoms with Crippen LogP contribution in [0.15, 0.2) is 72.8 Å². The summed E-state index contributed by atoms with van der Waals surface area (Å²) in [5.41, 5.74) is 4.00. The molecule has 4 aromatic rings. The van der Waals surface area contributed by atoms with Gasteiger partial charge in [-0.05, 0) is 55.0 Å². The Balaban J connectivity index is 1.47. The lowest BCUT2D eigenvalue weighted by Gasteiger charge is -2.36. The standard InChI is InChI=1S/C27H23Cl2FN4O/c1-18-6-2-5-9-25(18)32-12-14-33(15-13-32)27(35)26-17-24(20-7-3-4-8-23(20)30)31-34(26)19-10-11-21(28)22(29)16-19/h2-11,16-17H,12-15H2,1H3. The molecule has 5 nitrogen and oxygen atoms in total. The molecule has 1 saturated heterocycles. The number of carbonyl (C=O) groups is 1. The number of hydrogen-bond acceptors (Lipinski definition) is 3. The summed E-state index contributed by atoms with van der Waals surface area (Å²) in [6.45, 7) is 4.66. The fraction of sp³-hybridized carbons (Fsp3) is 0.185. The second kappa shape index (κ2) is 9.72. The number of hydrogen-bond donors (Lipinski definition) is 0. The zero-order valence-corrected chi connectivity index (χ0v) is 20.6. The van der Waals surface area contributed by atoms with E-state index >= 15 is 0 Å². The third kappa shape index (κ3) is 4.64. The van der Waals surface area contributed by atoms with E-state index < -0.39 is 5.82 Å². The molecule has 178 valence electrons. The fourth-order valence-corrected chi connectivity index (χ4v) is 4.67. The highest BCUT2D eigenvalue weighted by Crippen LogP contribution is 2.29. The lowest BCUT2D eigenvalue weighted by molar-refractivity contribution is 0.0737. The van der Waals surface area contributed by atoms with Crippen LogP contribution in [0.5, 0.6) is 0 Å². The molecule has 3 aromatic carbocycles. The average molecular weight is 509 g/mol. The van der Waals surface area contributed by atoms with Gasteiger partial charge in [-0.25, -0.2) is 9.07 Å². The molecule has 0 radical (unpaired) electrons. The summed E-state index contributed by atoms with van der Waals surface area (Å²) in [4.78, 5) is 17.8. The number of halogens is 3. The first kappa shape index (κ1) is 23.4. The van der Waals surface area contributed by atoms with E-state index in [-0.39, 0.29) is 5.91 Å². The van der Waals surface area contributed by atoms with Crippen LogP contribution in [-0.2, 0) is 0 Å². The number of amides is 1. The van der Waals surface area contributed by atoms with Gasteiger partial charge in [-0.15, -0.1) is 0 Å². The highest BCUT2D eigenvalue weighted by Gasteiger charge is 2.27. The zero-order chi connectivity index (χ0) is 24.5. The Morgan fingerprint density at radius 3 is 2.31 bits per heavy atom. The van der Waals surface area contributed by atoms with Crippen LogP contribution >= 0.6 is 23.2 Å². The lowest BCUT2D eigenvalue weighted by atomic mass is 10.1. The van der Waals surface area contributed by atoms with Crippen LogP contribution in [0.2, 0.25) is 10.0 Å². The van der Waals surface area contributed by atoms with Gasteiger partial charge in [0.1, 0.15) is 11.5 Å². The summed E-state index contributed by atoms with van der Waals surface area (Å²) < 4.78 is 16.1. The van der Waals surface area contributed by atoms with Crippen LogP contribution in [0.1, 0.15) is 16.1 Å². The zero-order valence-electron chi connectivity index (χ0n) is 19.1. The Bertz CT molecular complexity index is 1400. The van der Waals surface area contributed by atoms with Crippen molar-refractivity contribution in [2.45, 2.75) is 6.92 Å². The van der Waals surface area contributed by atoms with E-state index in [0.717, 1.165) is 13.1 Å². The summed E-state index contributed by atoms with van der Waals surface area (Å²) >= 11 is 12.3. The van der Waals surface area contributed by atoms with E-state index in [1.54, 1.807) is 42.5 Å². The second-order valence-electron chi connectivity index (χ2n) is 8.47. The maximum atomic E-state index is 14.5. The van der Waals surface area contributed by atoms with Gasteiger partial charge in [0.15, 0.2) is 0 Å². The van der Waals surface area contributed by atoms with Gasteiger partial charge in [0.2, 0.25) is 0 Å². The van der Waals surface area contributed by atoms with Crippen LogP contribution in [0, 0.1) is 12.7 Å². The summed E-state index contributed by atoms with van der Waals surface area (Å²) in [6.07, 6.45) is 0. The number of piperazine rings is 1. The summed E-state index contributed by atoms with van der Waals surface area (Å²) in [7, 11) is 0. The Labute approximate surface area is 213 Å². The molecule has 0 N–H and O–H groups in total.